The summed E-state index contributed by atoms with van der Waals surface area (Å²) < 4.78 is 93.3. The fraction of sp³-hybridized carbons (Fsp3) is 0.519. The zero-order valence-corrected chi connectivity index (χ0v) is 63.6. The number of hydrogen-bond acceptors (Lipinski definition) is 24. The van der Waals surface area contributed by atoms with Crippen molar-refractivity contribution in [3.63, 3.8) is 0 Å². The first kappa shape index (κ1) is 84.8. The molecule has 2 saturated carbocycles. The van der Waals surface area contributed by atoms with Gasteiger partial charge in [-0.2, -0.15) is 0 Å². The Bertz CT molecular complexity index is 4410. The van der Waals surface area contributed by atoms with E-state index in [1.165, 1.54) is 10.6 Å². The molecule has 4 atom stereocenters. The smallest absolute Gasteiger partial charge is 0.343 e. The molecular formula is C79H96F2N10O23. The van der Waals surface area contributed by atoms with Gasteiger partial charge in [0.05, 0.1) is 172 Å². The molecule has 0 bridgehead atoms. The Morgan fingerprint density at radius 2 is 1.27 bits per heavy atom. The van der Waals surface area contributed by atoms with Crippen LogP contribution in [0.1, 0.15) is 107 Å². The maximum Gasteiger partial charge on any atom is 0.343 e. The number of pyridine rings is 2. The average molecular weight is 1590 g/mol. The summed E-state index contributed by atoms with van der Waals surface area (Å²) in [6.07, 6.45) is 4.46. The molecule has 0 saturated heterocycles. The van der Waals surface area contributed by atoms with Crippen molar-refractivity contribution in [2.45, 2.75) is 108 Å². The first-order chi connectivity index (χ1) is 55.2. The summed E-state index contributed by atoms with van der Waals surface area (Å²) in [7, 11) is 1.61. The van der Waals surface area contributed by atoms with Gasteiger partial charge in [0.25, 0.3) is 23.3 Å². The van der Waals surface area contributed by atoms with Crippen LogP contribution < -0.4 is 52.4 Å². The van der Waals surface area contributed by atoms with Gasteiger partial charge in [-0.3, -0.25) is 47.9 Å². The molecule has 8 N–H and O–H groups in total. The van der Waals surface area contributed by atoms with Crippen LogP contribution in [0.5, 0.6) is 5.75 Å². The Kier molecular flexibility index (Phi) is 30.7. The molecule has 3 aromatic carbocycles. The van der Waals surface area contributed by atoms with Crippen molar-refractivity contribution in [2.24, 2.45) is 11.8 Å². The molecular weight excluding hydrogens is 1490 g/mol. The van der Waals surface area contributed by atoms with Gasteiger partial charge in [0.15, 0.2) is 17.2 Å². The van der Waals surface area contributed by atoms with Crippen molar-refractivity contribution in [1.82, 2.24) is 46.8 Å². The van der Waals surface area contributed by atoms with Crippen molar-refractivity contribution in [3.8, 4) is 17.1 Å². The predicted molar refractivity (Wildman–Crippen MR) is 400 cm³/mol. The molecule has 6 aliphatic rings. The first-order valence-corrected chi connectivity index (χ1v) is 38.2. The van der Waals surface area contributed by atoms with Crippen molar-refractivity contribution >= 4 is 75.7 Å². The number of amides is 9. The molecule has 0 unspecified atom stereocenters. The Balaban J connectivity index is 0.585. The van der Waals surface area contributed by atoms with Crippen molar-refractivity contribution < 1.29 is 114 Å². The molecule has 114 heavy (non-hydrogen) atoms. The number of rotatable bonds is 49. The second kappa shape index (κ2) is 41.3. The summed E-state index contributed by atoms with van der Waals surface area (Å²) in [5, 5.41) is 30.8. The van der Waals surface area contributed by atoms with Crippen LogP contribution in [-0.4, -0.2) is 232 Å². The number of imide groups is 1. The van der Waals surface area contributed by atoms with Gasteiger partial charge >= 0.3 is 5.97 Å². The summed E-state index contributed by atoms with van der Waals surface area (Å²) in [5.74, 6) is -9.50. The standard InChI is InChI=1S/C79H96F2N10O23/c1-47-52-14-15-59(70-54-44-90-62(71(54)88-60(69(52)70)39-57(47)80)38-56-55(77(90)101)45-113-78(102)79(56,103)40-49-10-11-49)89-76(100)72(50-12-13-50)114-46-86-65(94)42-85-75(99)61(35-48-7-4-3-5-8-48)87-66(95)43-84-64(93)41-83-63(92)9-6-19-112-73-53(36-51(37-58(73)81)91-67(96)16-17-68(91)97)74(98)82-18-20-105-23-24-107-27-28-109-31-32-111-34-33-110-30-29-108-26-25-106-22-21-104-2/h3-5,7-8,16-17,36-39,49-50,59,61,72,103H,6,9-15,18-35,40-46H2,1-2H3,(H,82,98)(H,83,92)(H,84,93)(H,85,99)(H,86,94)(H,87,95)(H,89,100)/t59-,61-,72+,79-/m0/s1. The second-order valence-corrected chi connectivity index (χ2v) is 28.1. The zero-order valence-electron chi connectivity index (χ0n) is 63.6. The van der Waals surface area contributed by atoms with E-state index in [0.717, 1.165) is 42.7 Å². The molecule has 614 valence electrons. The van der Waals surface area contributed by atoms with E-state index in [0.29, 0.717) is 154 Å². The molecule has 11 rings (SSSR count). The van der Waals surface area contributed by atoms with Crippen molar-refractivity contribution in [3.05, 3.63) is 133 Å². The number of anilines is 1. The molecule has 0 radical (unpaired) electrons. The predicted octanol–water partition coefficient (Wildman–Crippen LogP) is 1.89. The molecule has 35 heteroatoms. The Morgan fingerprint density at radius 1 is 0.658 bits per heavy atom. The van der Waals surface area contributed by atoms with E-state index in [-0.39, 0.29) is 106 Å². The third kappa shape index (κ3) is 22.7. The maximum absolute atomic E-state index is 15.8. The van der Waals surface area contributed by atoms with Crippen LogP contribution in [0.2, 0.25) is 0 Å². The number of hydrogen-bond donors (Lipinski definition) is 8. The van der Waals surface area contributed by atoms with Gasteiger partial charge in [-0.15, -0.1) is 0 Å². The third-order valence-corrected chi connectivity index (χ3v) is 19.9. The van der Waals surface area contributed by atoms with Crippen LogP contribution in [0.15, 0.2) is 71.5 Å². The summed E-state index contributed by atoms with van der Waals surface area (Å²) >= 11 is 0. The first-order valence-electron chi connectivity index (χ1n) is 38.2. The highest BCUT2D eigenvalue weighted by Crippen LogP contribution is 2.48. The molecule has 9 amide bonds. The molecule has 3 aliphatic carbocycles. The van der Waals surface area contributed by atoms with Gasteiger partial charge in [0.2, 0.25) is 35.4 Å². The monoisotopic (exact) mass is 1590 g/mol. The van der Waals surface area contributed by atoms with E-state index >= 15 is 8.78 Å². The summed E-state index contributed by atoms with van der Waals surface area (Å²) in [5.41, 5.74) is 1.33. The summed E-state index contributed by atoms with van der Waals surface area (Å²) in [6.45, 7) is 4.35. The van der Waals surface area contributed by atoms with Crippen LogP contribution in [0.3, 0.4) is 0 Å². The van der Waals surface area contributed by atoms with Crippen molar-refractivity contribution in [2.75, 3.05) is 151 Å². The highest BCUT2D eigenvalue weighted by Gasteiger charge is 2.50. The maximum atomic E-state index is 15.8. The SMILES string of the molecule is COCCOCCOCCOCCOCCOCCOCCOCCNC(=O)c1cc(N2C(=O)C=CC2=O)cc(F)c1OCCCC(=O)NCC(=O)NCC(=O)N[C@@H](Cc1ccccc1)C(=O)NCC(=O)NCO[C@@H](C(=O)N[C@H]1CCc2c(C)c(F)cc3nc4c(c1c23)Cn1c-4cc2c(c1=O)COC(=O)[C@]2(O)CC1CC1)C1CC1. The summed E-state index contributed by atoms with van der Waals surface area (Å²) in [6, 6.07) is 11.7. The molecule has 3 aliphatic heterocycles. The number of nitrogens with zero attached hydrogens (tertiary/aromatic N) is 3. The molecule has 33 nitrogen and oxygen atoms in total. The number of aryl methyl sites for hydroxylation is 1. The minimum absolute atomic E-state index is 0.0267. The number of halogens is 2. The minimum Gasteiger partial charge on any atom is -0.490 e. The number of carbonyl (C=O) groups excluding carboxylic acids is 10. The molecule has 2 fully saturated rings. The van der Waals surface area contributed by atoms with Crippen LogP contribution in [0.4, 0.5) is 14.5 Å². The van der Waals surface area contributed by atoms with E-state index in [1.807, 2.05) is 0 Å². The van der Waals surface area contributed by atoms with E-state index in [4.69, 9.17) is 57.1 Å². The number of aromatic nitrogens is 2. The minimum atomic E-state index is -2.04. The lowest BCUT2D eigenvalue weighted by atomic mass is 9.81. The number of esters is 1. The summed E-state index contributed by atoms with van der Waals surface area (Å²) in [4.78, 5) is 152. The molecule has 5 heterocycles. The largest absolute Gasteiger partial charge is 0.490 e. The van der Waals surface area contributed by atoms with Gasteiger partial charge in [-0.25, -0.2) is 23.5 Å². The number of carbonyl (C=O) groups is 10. The number of methoxy groups -OCH3 is 1. The molecule has 5 aromatic rings. The van der Waals surface area contributed by atoms with E-state index in [2.05, 4.69) is 37.2 Å². The normalized spacial score (nSPS) is 17.0. The molecule has 2 aromatic heterocycles. The van der Waals surface area contributed by atoms with E-state index in [1.54, 1.807) is 50.4 Å². The quantitative estimate of drug-likeness (QED) is 0.0117. The van der Waals surface area contributed by atoms with Crippen LogP contribution in [0, 0.1) is 30.4 Å². The topological polar surface area (TPSA) is 415 Å². The van der Waals surface area contributed by atoms with E-state index in [9.17, 15) is 57.8 Å². The van der Waals surface area contributed by atoms with Crippen LogP contribution >= 0.6 is 0 Å². The highest BCUT2D eigenvalue weighted by molar-refractivity contribution is 6.28. The van der Waals surface area contributed by atoms with Gasteiger partial charge < -0.3 is 99.0 Å². The Morgan fingerprint density at radius 3 is 1.91 bits per heavy atom. The fourth-order valence-electron chi connectivity index (χ4n) is 13.7. The lowest BCUT2D eigenvalue weighted by Gasteiger charge is -2.32. The van der Waals surface area contributed by atoms with Gasteiger partial charge in [0, 0.05) is 67.3 Å². The number of nitrogens with one attached hydrogen (secondary N) is 7. The van der Waals surface area contributed by atoms with E-state index < -0.39 is 132 Å². The Labute approximate surface area is 654 Å². The van der Waals surface area contributed by atoms with Gasteiger partial charge in [-0.1, -0.05) is 43.2 Å². The van der Waals surface area contributed by atoms with Crippen LogP contribution in [0.25, 0.3) is 22.3 Å². The number of benzene rings is 3. The molecule has 0 spiro atoms. The third-order valence-electron chi connectivity index (χ3n) is 19.9. The lowest BCUT2D eigenvalue weighted by molar-refractivity contribution is -0.173. The average Bonchev–Trinajstić information content (AvgIpc) is 1.52. The van der Waals surface area contributed by atoms with Crippen molar-refractivity contribution in [1.29, 1.82) is 0 Å². The Hall–Kier alpha value is -10.1. The second-order valence-electron chi connectivity index (χ2n) is 28.1. The zero-order chi connectivity index (χ0) is 80.7. The number of aliphatic hydroxyl groups is 1. The number of fused-ring (bicyclic) bond motifs is 5. The number of cyclic esters (lactones) is 1. The van der Waals surface area contributed by atoms with Gasteiger partial charge in [0.1, 0.15) is 31.3 Å². The number of ether oxygens (including phenoxy) is 11. The van der Waals surface area contributed by atoms with Gasteiger partial charge in [-0.05, 0) is 91.7 Å². The highest BCUT2D eigenvalue weighted by atomic mass is 19.1. The van der Waals surface area contributed by atoms with Crippen LogP contribution in [-0.2, 0) is 122 Å². The fourth-order valence-corrected chi connectivity index (χ4v) is 13.7. The lowest BCUT2D eigenvalue weighted by Crippen LogP contribution is -2.52.